The number of hydrogen-bond acceptors (Lipinski definition) is 3. The largest absolute Gasteiger partial charge is 0.390 e. The zero-order chi connectivity index (χ0) is 16.2. The van der Waals surface area contributed by atoms with Crippen molar-refractivity contribution in [2.45, 2.75) is 83.2 Å². The molecule has 2 N–H and O–H groups in total. The van der Waals surface area contributed by atoms with Crippen LogP contribution in [-0.2, 0) is 4.74 Å². The summed E-state index contributed by atoms with van der Waals surface area (Å²) < 4.78 is 6.46. The maximum absolute atomic E-state index is 10.9. The zero-order valence-electron chi connectivity index (χ0n) is 14.8. The van der Waals surface area contributed by atoms with E-state index < -0.39 is 6.29 Å². The fraction of sp³-hybridized carbons (Fsp3) is 1.00. The lowest BCUT2D eigenvalue weighted by Crippen LogP contribution is -2.71. The van der Waals surface area contributed by atoms with Crippen LogP contribution in [0.4, 0.5) is 0 Å². The number of aliphatic hydroxyl groups is 2. The summed E-state index contributed by atoms with van der Waals surface area (Å²) in [6.45, 7) is 6.35. The molecule has 0 aliphatic heterocycles. The van der Waals surface area contributed by atoms with Gasteiger partial charge < -0.3 is 14.9 Å². The van der Waals surface area contributed by atoms with E-state index in [2.05, 4.69) is 20.8 Å². The van der Waals surface area contributed by atoms with Crippen molar-refractivity contribution >= 4 is 0 Å². The minimum Gasteiger partial charge on any atom is -0.390 e. The molecule has 3 nitrogen and oxygen atoms in total. The average molecular weight is 320 g/mol. The van der Waals surface area contributed by atoms with Gasteiger partial charge >= 0.3 is 0 Å². The summed E-state index contributed by atoms with van der Waals surface area (Å²) in [7, 11) is 0. The summed E-state index contributed by atoms with van der Waals surface area (Å²) in [5.74, 6) is 4.47. The highest BCUT2D eigenvalue weighted by atomic mass is 16.6. The molecule has 23 heavy (non-hydrogen) atoms. The molecule has 0 aromatic rings. The Morgan fingerprint density at radius 2 is 1.30 bits per heavy atom. The Labute approximate surface area is 139 Å². The van der Waals surface area contributed by atoms with Crippen LogP contribution in [0.15, 0.2) is 0 Å². The Hall–Kier alpha value is -0.120. The van der Waals surface area contributed by atoms with Crippen LogP contribution in [0.5, 0.6) is 0 Å². The van der Waals surface area contributed by atoms with Gasteiger partial charge in [-0.2, -0.15) is 0 Å². The van der Waals surface area contributed by atoms with E-state index in [1.54, 1.807) is 0 Å². The quantitative estimate of drug-likeness (QED) is 0.781. The Bertz CT molecular complexity index is 462. The molecule has 0 aromatic carbocycles. The minimum atomic E-state index is -0.651. The van der Waals surface area contributed by atoms with Crippen LogP contribution >= 0.6 is 0 Å². The van der Waals surface area contributed by atoms with Gasteiger partial charge in [-0.25, -0.2) is 0 Å². The molecular formula is C20H32O3. The van der Waals surface area contributed by atoms with Gasteiger partial charge in [0.15, 0.2) is 6.29 Å². The first-order chi connectivity index (χ1) is 10.8. The van der Waals surface area contributed by atoms with Crippen LogP contribution in [0.2, 0.25) is 0 Å². The van der Waals surface area contributed by atoms with Crippen molar-refractivity contribution in [3.05, 3.63) is 0 Å². The highest BCUT2D eigenvalue weighted by Crippen LogP contribution is 2.73. The Morgan fingerprint density at radius 3 is 1.70 bits per heavy atom. The molecule has 8 bridgehead atoms. The molecule has 7 aliphatic carbocycles. The van der Waals surface area contributed by atoms with Crippen LogP contribution in [0.25, 0.3) is 0 Å². The number of aliphatic hydroxyl groups excluding tert-OH is 1. The van der Waals surface area contributed by atoms with Crippen molar-refractivity contribution in [1.29, 1.82) is 0 Å². The molecule has 7 saturated carbocycles. The summed E-state index contributed by atoms with van der Waals surface area (Å²) in [5, 5.41) is 21.6. The van der Waals surface area contributed by atoms with Gasteiger partial charge in [-0.3, -0.25) is 0 Å². The van der Waals surface area contributed by atoms with E-state index in [0.717, 1.165) is 80.5 Å². The SMILES string of the molecule is CCC(C)(C)[C@H](O)OC12CC3C4CC5(O)CC3C(C1)C(C5)C4C2. The molecular weight excluding hydrogens is 288 g/mol. The van der Waals surface area contributed by atoms with Crippen molar-refractivity contribution in [3.8, 4) is 0 Å². The Kier molecular flexibility index (Phi) is 2.86. The summed E-state index contributed by atoms with van der Waals surface area (Å²) in [4.78, 5) is 0. The monoisotopic (exact) mass is 320 g/mol. The summed E-state index contributed by atoms with van der Waals surface area (Å²) in [5.41, 5.74) is -0.566. The minimum absolute atomic E-state index is 0.0673. The fourth-order valence-electron chi connectivity index (χ4n) is 7.54. The maximum atomic E-state index is 10.9. The van der Waals surface area contributed by atoms with E-state index in [1.165, 1.54) is 0 Å². The van der Waals surface area contributed by atoms with Gasteiger partial charge in [-0.05, 0) is 80.5 Å². The second-order valence-corrected chi connectivity index (χ2v) is 10.4. The van der Waals surface area contributed by atoms with Crippen molar-refractivity contribution in [3.63, 3.8) is 0 Å². The third-order valence-corrected chi connectivity index (χ3v) is 8.91. The lowest BCUT2D eigenvalue weighted by molar-refractivity contribution is -0.332. The molecule has 0 aromatic heterocycles. The third kappa shape index (κ3) is 1.88. The van der Waals surface area contributed by atoms with Gasteiger partial charge in [0.25, 0.3) is 0 Å². The van der Waals surface area contributed by atoms with E-state index in [9.17, 15) is 10.2 Å². The normalized spacial score (nSPS) is 57.3. The molecule has 3 heteroatoms. The topological polar surface area (TPSA) is 49.7 Å². The molecule has 0 amide bonds. The molecule has 0 radical (unpaired) electrons. The van der Waals surface area contributed by atoms with Crippen molar-refractivity contribution < 1.29 is 14.9 Å². The van der Waals surface area contributed by atoms with Crippen LogP contribution in [0, 0.1) is 40.9 Å². The number of hydrogen-bond donors (Lipinski definition) is 2. The van der Waals surface area contributed by atoms with Gasteiger partial charge in [0.1, 0.15) is 0 Å². The van der Waals surface area contributed by atoms with Gasteiger partial charge in [-0.15, -0.1) is 0 Å². The lowest BCUT2D eigenvalue weighted by Gasteiger charge is -2.73. The molecule has 0 unspecified atom stereocenters. The van der Waals surface area contributed by atoms with Gasteiger partial charge in [0, 0.05) is 5.41 Å². The van der Waals surface area contributed by atoms with Crippen LogP contribution < -0.4 is 0 Å². The zero-order valence-corrected chi connectivity index (χ0v) is 14.8. The van der Waals surface area contributed by atoms with E-state index in [1.807, 2.05) is 0 Å². The molecule has 7 fully saturated rings. The predicted octanol–water partition coefficient (Wildman–Crippen LogP) is 3.33. The Morgan fingerprint density at radius 1 is 0.913 bits per heavy atom. The van der Waals surface area contributed by atoms with Crippen molar-refractivity contribution in [2.75, 3.05) is 0 Å². The van der Waals surface area contributed by atoms with E-state index in [0.29, 0.717) is 0 Å². The lowest BCUT2D eigenvalue weighted by atomic mass is 9.34. The molecule has 7 aliphatic rings. The third-order valence-electron chi connectivity index (χ3n) is 8.91. The molecule has 0 heterocycles. The molecule has 7 rings (SSSR count). The number of rotatable bonds is 4. The first-order valence-electron chi connectivity index (χ1n) is 9.84. The first kappa shape index (κ1) is 15.2. The molecule has 0 spiro atoms. The fourth-order valence-corrected chi connectivity index (χ4v) is 7.54. The van der Waals surface area contributed by atoms with Crippen LogP contribution in [0.3, 0.4) is 0 Å². The summed E-state index contributed by atoms with van der Waals surface area (Å²) >= 11 is 0. The van der Waals surface area contributed by atoms with Crippen LogP contribution in [0.1, 0.15) is 65.7 Å². The Balaban J connectivity index is 1.43. The smallest absolute Gasteiger partial charge is 0.160 e. The van der Waals surface area contributed by atoms with E-state index in [4.69, 9.17) is 4.74 Å². The number of ether oxygens (including phenoxy) is 1. The second-order valence-electron chi connectivity index (χ2n) is 10.4. The standard InChI is InChI=1S/C20H32O3/c1-4-18(2,3)17(21)23-20-8-14-11-5-19(22)6-12(14)16(10-20)13(7-19)15(11)9-20/h11-17,21-22H,4-10H2,1-3H3/t11?,12?,13?,14?,15?,16?,17-,19?,20?/m1/s1. The van der Waals surface area contributed by atoms with Gasteiger partial charge in [0.05, 0.1) is 11.2 Å². The highest BCUT2D eigenvalue weighted by molar-refractivity contribution is 5.20. The summed E-state index contributed by atoms with van der Waals surface area (Å²) in [6.07, 6.45) is 6.81. The summed E-state index contributed by atoms with van der Waals surface area (Å²) in [6, 6.07) is 0. The average Bonchev–Trinajstić information content (AvgIpc) is 2.50. The van der Waals surface area contributed by atoms with Crippen molar-refractivity contribution in [2.24, 2.45) is 40.9 Å². The van der Waals surface area contributed by atoms with Gasteiger partial charge in [-0.1, -0.05) is 20.8 Å². The first-order valence-corrected chi connectivity index (χ1v) is 9.84. The second kappa shape index (κ2) is 4.34. The van der Waals surface area contributed by atoms with E-state index in [-0.39, 0.29) is 16.6 Å². The van der Waals surface area contributed by atoms with Gasteiger partial charge in [0.2, 0.25) is 0 Å². The molecule has 130 valence electrons. The maximum Gasteiger partial charge on any atom is 0.160 e. The molecule has 0 saturated heterocycles. The van der Waals surface area contributed by atoms with Crippen molar-refractivity contribution in [1.82, 2.24) is 0 Å². The van der Waals surface area contributed by atoms with E-state index >= 15 is 0 Å². The van der Waals surface area contributed by atoms with Crippen LogP contribution in [-0.4, -0.2) is 27.7 Å². The predicted molar refractivity (Wildman–Crippen MR) is 87.5 cm³/mol. The highest BCUT2D eigenvalue weighted by Gasteiger charge is 2.71. The molecule has 1 atom stereocenters.